The predicted octanol–water partition coefficient (Wildman–Crippen LogP) is 7.67. The third-order valence-electron chi connectivity index (χ3n) is 7.78. The Balaban J connectivity index is 1.46. The Labute approximate surface area is 200 Å². The van der Waals surface area contributed by atoms with Crippen molar-refractivity contribution < 1.29 is 27.4 Å². The lowest BCUT2D eigenvalue weighted by atomic mass is 9.72. The summed E-state index contributed by atoms with van der Waals surface area (Å²) in [5.74, 6) is -2.52. The molecule has 0 aromatic heterocycles. The van der Waals surface area contributed by atoms with Crippen molar-refractivity contribution in [1.29, 1.82) is 0 Å². The first kappa shape index (κ1) is 24.9. The molecule has 1 aromatic carbocycles. The van der Waals surface area contributed by atoms with Gasteiger partial charge in [0.25, 0.3) is 0 Å². The molecule has 2 heterocycles. The third-order valence-corrected chi connectivity index (χ3v) is 7.78. The molecular weight excluding hydrogens is 441 g/mol. The Hall–Kier alpha value is -2.21. The van der Waals surface area contributed by atoms with E-state index in [1.807, 2.05) is 0 Å². The molecule has 1 saturated heterocycles. The smallest absolute Gasteiger partial charge is 0.207 e. The quantitative estimate of drug-likeness (QED) is 0.394. The van der Waals surface area contributed by atoms with Crippen LogP contribution < -0.4 is 4.74 Å². The van der Waals surface area contributed by atoms with Crippen molar-refractivity contribution in [2.45, 2.75) is 76.7 Å². The van der Waals surface area contributed by atoms with E-state index in [9.17, 15) is 4.39 Å². The van der Waals surface area contributed by atoms with Crippen molar-refractivity contribution in [3.8, 4) is 5.75 Å². The summed E-state index contributed by atoms with van der Waals surface area (Å²) in [6, 6.07) is 1.68. The second-order valence-electron chi connectivity index (χ2n) is 9.93. The van der Waals surface area contributed by atoms with E-state index < -0.39 is 17.5 Å². The fraction of sp³-hybridized carbons (Fsp3) is 0.571. The zero-order valence-corrected chi connectivity index (χ0v) is 20.2. The maximum Gasteiger partial charge on any atom is 0.207 e. The van der Waals surface area contributed by atoms with Gasteiger partial charge in [0.05, 0.1) is 19.8 Å². The Morgan fingerprint density at radius 2 is 1.79 bits per heavy atom. The van der Waals surface area contributed by atoms with Crippen LogP contribution in [-0.4, -0.2) is 19.8 Å². The topological polar surface area (TPSA) is 27.7 Å². The van der Waals surface area contributed by atoms with E-state index in [-0.39, 0.29) is 29.6 Å². The van der Waals surface area contributed by atoms with Gasteiger partial charge < -0.3 is 14.2 Å². The highest BCUT2D eigenvalue weighted by atomic mass is 19.2. The summed E-state index contributed by atoms with van der Waals surface area (Å²) >= 11 is 0. The Bertz CT molecular complexity index is 968. The van der Waals surface area contributed by atoms with E-state index in [1.165, 1.54) is 13.5 Å². The lowest BCUT2D eigenvalue weighted by Gasteiger charge is -2.38. The van der Waals surface area contributed by atoms with Crippen molar-refractivity contribution in [2.24, 2.45) is 11.8 Å². The molecule has 4 rings (SSSR count). The number of hydrogen-bond donors (Lipinski definition) is 0. The summed E-state index contributed by atoms with van der Waals surface area (Å²) in [5, 5.41) is 0. The molecule has 1 aromatic rings. The second-order valence-corrected chi connectivity index (χ2v) is 9.93. The van der Waals surface area contributed by atoms with Gasteiger partial charge in [0.1, 0.15) is 0 Å². The van der Waals surface area contributed by atoms with Crippen LogP contribution in [0.15, 0.2) is 42.1 Å². The molecular formula is C28H35F3O3. The van der Waals surface area contributed by atoms with Gasteiger partial charge in [-0.3, -0.25) is 0 Å². The number of allylic oxidation sites excluding steroid dienone is 2. The second kappa shape index (κ2) is 10.6. The first-order chi connectivity index (χ1) is 16.3. The Kier molecular flexibility index (Phi) is 7.76. The first-order valence-corrected chi connectivity index (χ1v) is 12.4. The average Bonchev–Trinajstić information content (AvgIpc) is 2.86. The molecule has 34 heavy (non-hydrogen) atoms. The van der Waals surface area contributed by atoms with Crippen LogP contribution in [0, 0.1) is 23.5 Å². The van der Waals surface area contributed by atoms with Gasteiger partial charge in [-0.2, -0.15) is 8.78 Å². The molecule has 0 amide bonds. The van der Waals surface area contributed by atoms with Crippen LogP contribution in [0.4, 0.5) is 13.2 Å². The lowest BCUT2D eigenvalue weighted by molar-refractivity contribution is -0.0409. The summed E-state index contributed by atoms with van der Waals surface area (Å²) in [6.07, 6.45) is 8.82. The fourth-order valence-corrected chi connectivity index (χ4v) is 5.77. The zero-order valence-electron chi connectivity index (χ0n) is 20.2. The Morgan fingerprint density at radius 3 is 2.41 bits per heavy atom. The van der Waals surface area contributed by atoms with Gasteiger partial charge in [-0.1, -0.05) is 26.5 Å². The molecule has 1 aliphatic carbocycles. The van der Waals surface area contributed by atoms with Gasteiger partial charge in [-0.15, -0.1) is 0 Å². The lowest BCUT2D eigenvalue weighted by Crippen LogP contribution is -2.32. The van der Waals surface area contributed by atoms with Gasteiger partial charge in [0.15, 0.2) is 23.1 Å². The molecule has 0 spiro atoms. The highest BCUT2D eigenvalue weighted by molar-refractivity contribution is 5.51. The van der Waals surface area contributed by atoms with Crippen LogP contribution in [0.25, 0.3) is 0 Å². The standard InChI is InChI=1S/C28H35F3O3/c1-5-6-22-12-11-20(15-33-22)18-7-9-19(10-8-18)23-14-21-13-16(2)27(24(29)17(3)32-4)34-28(21)26(31)25(23)30/h14,18-20,22H,2-3,5-13,15H2,1,4H3/b27-24-. The minimum Gasteiger partial charge on any atom is -0.494 e. The summed E-state index contributed by atoms with van der Waals surface area (Å²) in [7, 11) is 1.27. The largest absolute Gasteiger partial charge is 0.494 e. The number of ether oxygens (including phenoxy) is 3. The number of hydrogen-bond acceptors (Lipinski definition) is 3. The van der Waals surface area contributed by atoms with Crippen molar-refractivity contribution in [1.82, 2.24) is 0 Å². The van der Waals surface area contributed by atoms with Crippen molar-refractivity contribution in [3.63, 3.8) is 0 Å². The number of methoxy groups -OCH3 is 1. The monoisotopic (exact) mass is 476 g/mol. The van der Waals surface area contributed by atoms with Crippen LogP contribution in [0.2, 0.25) is 0 Å². The summed E-state index contributed by atoms with van der Waals surface area (Å²) in [4.78, 5) is 0. The summed E-state index contributed by atoms with van der Waals surface area (Å²) in [5.41, 5.74) is 1.22. The zero-order chi connectivity index (χ0) is 24.4. The molecule has 1 saturated carbocycles. The third kappa shape index (κ3) is 4.93. The van der Waals surface area contributed by atoms with Crippen LogP contribution in [0.3, 0.4) is 0 Å². The summed E-state index contributed by atoms with van der Waals surface area (Å²) in [6.45, 7) is 10.3. The van der Waals surface area contributed by atoms with Crippen LogP contribution in [0.5, 0.6) is 5.75 Å². The van der Waals surface area contributed by atoms with Gasteiger partial charge in [0, 0.05) is 12.0 Å². The van der Waals surface area contributed by atoms with Gasteiger partial charge in [-0.25, -0.2) is 4.39 Å². The van der Waals surface area contributed by atoms with Crippen molar-refractivity contribution in [3.05, 3.63) is 64.9 Å². The van der Waals surface area contributed by atoms with Gasteiger partial charge >= 0.3 is 0 Å². The molecule has 2 fully saturated rings. The molecule has 2 atom stereocenters. The minimum atomic E-state index is -1.07. The molecule has 6 heteroatoms. The van der Waals surface area contributed by atoms with E-state index in [1.54, 1.807) is 6.07 Å². The van der Waals surface area contributed by atoms with Crippen LogP contribution >= 0.6 is 0 Å². The fourth-order valence-electron chi connectivity index (χ4n) is 5.77. The molecule has 186 valence electrons. The van der Waals surface area contributed by atoms with Gasteiger partial charge in [0.2, 0.25) is 11.6 Å². The number of fused-ring (bicyclic) bond motifs is 1. The average molecular weight is 477 g/mol. The molecule has 2 unspecified atom stereocenters. The van der Waals surface area contributed by atoms with Crippen molar-refractivity contribution >= 4 is 0 Å². The maximum atomic E-state index is 15.1. The molecule has 2 aliphatic heterocycles. The summed E-state index contributed by atoms with van der Waals surface area (Å²) < 4.78 is 61.0. The van der Waals surface area contributed by atoms with E-state index in [4.69, 9.17) is 14.2 Å². The van der Waals surface area contributed by atoms with E-state index in [0.717, 1.165) is 51.6 Å². The minimum absolute atomic E-state index is 0.0383. The number of rotatable bonds is 6. The molecule has 3 nitrogen and oxygen atoms in total. The SMILES string of the molecule is C=C(OC)/C(F)=C1/Oc2c(cc(C3CCC(C4CCC(CCC)OC4)CC3)c(F)c2F)CC1=C. The van der Waals surface area contributed by atoms with E-state index in [2.05, 4.69) is 20.1 Å². The number of halogens is 3. The number of benzene rings is 1. The van der Waals surface area contributed by atoms with Crippen molar-refractivity contribution in [2.75, 3.05) is 13.7 Å². The molecule has 0 N–H and O–H groups in total. The van der Waals surface area contributed by atoms with E-state index in [0.29, 0.717) is 34.6 Å². The normalized spacial score (nSPS) is 28.7. The maximum absolute atomic E-state index is 15.1. The molecule has 0 radical (unpaired) electrons. The Morgan fingerprint density at radius 1 is 1.09 bits per heavy atom. The van der Waals surface area contributed by atoms with Gasteiger partial charge in [-0.05, 0) is 79.9 Å². The first-order valence-electron chi connectivity index (χ1n) is 12.4. The molecule has 0 bridgehead atoms. The van der Waals surface area contributed by atoms with Crippen LogP contribution in [-0.2, 0) is 15.9 Å². The van der Waals surface area contributed by atoms with E-state index >= 15 is 8.78 Å². The highest BCUT2D eigenvalue weighted by Gasteiger charge is 2.35. The highest BCUT2D eigenvalue weighted by Crippen LogP contribution is 2.45. The predicted molar refractivity (Wildman–Crippen MR) is 126 cm³/mol. The van der Waals surface area contributed by atoms with Crippen LogP contribution in [0.1, 0.15) is 75.3 Å². The molecule has 3 aliphatic rings.